The molecule has 172 valence electrons. The number of benzene rings is 3. The molecule has 7 heteroatoms. The number of rotatable bonds is 7. The van der Waals surface area contributed by atoms with E-state index in [2.05, 4.69) is 10.6 Å². The fourth-order valence-electron chi connectivity index (χ4n) is 3.88. The van der Waals surface area contributed by atoms with Crippen LogP contribution >= 0.6 is 11.6 Å². The highest BCUT2D eigenvalue weighted by Gasteiger charge is 2.37. The van der Waals surface area contributed by atoms with Gasteiger partial charge in [-0.1, -0.05) is 54.1 Å². The average molecular weight is 474 g/mol. The molecule has 0 bridgehead atoms. The maximum Gasteiger partial charge on any atom is 0.278 e. The van der Waals surface area contributed by atoms with E-state index in [0.717, 1.165) is 21.6 Å². The Balaban J connectivity index is 1.46. The second-order valence-electron chi connectivity index (χ2n) is 8.22. The lowest BCUT2D eigenvalue weighted by atomic mass is 10.1. The maximum atomic E-state index is 12.9. The monoisotopic (exact) mass is 473 g/mol. The minimum Gasteiger partial charge on any atom is -0.350 e. The molecule has 2 N–H and O–H groups in total. The van der Waals surface area contributed by atoms with Gasteiger partial charge in [0.05, 0.1) is 0 Å². The first kappa shape index (κ1) is 23.3. The van der Waals surface area contributed by atoms with Crippen molar-refractivity contribution in [2.45, 2.75) is 20.3 Å². The predicted octanol–water partition coefficient (Wildman–Crippen LogP) is 5.03. The molecule has 3 amide bonds. The van der Waals surface area contributed by atoms with Crippen molar-refractivity contribution in [2.24, 2.45) is 0 Å². The van der Waals surface area contributed by atoms with Gasteiger partial charge in [-0.2, -0.15) is 0 Å². The van der Waals surface area contributed by atoms with E-state index in [4.69, 9.17) is 11.6 Å². The van der Waals surface area contributed by atoms with Crippen LogP contribution in [0, 0.1) is 13.8 Å². The quantitative estimate of drug-likeness (QED) is 0.472. The van der Waals surface area contributed by atoms with Crippen molar-refractivity contribution in [3.63, 3.8) is 0 Å². The molecule has 6 nitrogen and oxygen atoms in total. The summed E-state index contributed by atoms with van der Waals surface area (Å²) in [5, 5.41) is 5.66. The Labute approximate surface area is 203 Å². The van der Waals surface area contributed by atoms with Gasteiger partial charge in [0.1, 0.15) is 10.7 Å². The number of aryl methyl sites for hydroxylation is 2. The van der Waals surface area contributed by atoms with Crippen LogP contribution in [-0.2, 0) is 16.0 Å². The molecular weight excluding hydrogens is 450 g/mol. The first-order valence-corrected chi connectivity index (χ1v) is 11.3. The highest BCUT2D eigenvalue weighted by atomic mass is 35.5. The predicted molar refractivity (Wildman–Crippen MR) is 134 cm³/mol. The summed E-state index contributed by atoms with van der Waals surface area (Å²) in [6.45, 7) is 4.16. The number of anilines is 2. The largest absolute Gasteiger partial charge is 0.350 e. The van der Waals surface area contributed by atoms with Gasteiger partial charge in [0.2, 0.25) is 0 Å². The summed E-state index contributed by atoms with van der Waals surface area (Å²) in [6, 6.07) is 22.1. The lowest BCUT2D eigenvalue weighted by Gasteiger charge is -2.15. The summed E-state index contributed by atoms with van der Waals surface area (Å²) in [6.07, 6.45) is 0.532. The van der Waals surface area contributed by atoms with Crippen LogP contribution in [0.4, 0.5) is 11.4 Å². The molecule has 3 aromatic carbocycles. The molecule has 0 aliphatic carbocycles. The Morgan fingerprint density at radius 1 is 0.853 bits per heavy atom. The molecule has 1 aliphatic rings. The summed E-state index contributed by atoms with van der Waals surface area (Å²) < 4.78 is 0. The molecule has 0 fully saturated rings. The first-order chi connectivity index (χ1) is 16.3. The van der Waals surface area contributed by atoms with E-state index in [1.165, 1.54) is 0 Å². The first-order valence-electron chi connectivity index (χ1n) is 10.9. The summed E-state index contributed by atoms with van der Waals surface area (Å²) in [7, 11) is 0. The highest BCUT2D eigenvalue weighted by Crippen LogP contribution is 2.26. The van der Waals surface area contributed by atoms with Gasteiger partial charge in [0.15, 0.2) is 0 Å². The van der Waals surface area contributed by atoms with Gasteiger partial charge >= 0.3 is 0 Å². The molecule has 0 unspecified atom stereocenters. The number of halogens is 1. The third kappa shape index (κ3) is 5.18. The second kappa shape index (κ2) is 9.93. The van der Waals surface area contributed by atoms with E-state index >= 15 is 0 Å². The zero-order valence-electron chi connectivity index (χ0n) is 18.9. The van der Waals surface area contributed by atoms with Crippen LogP contribution in [0.5, 0.6) is 0 Å². The minimum atomic E-state index is -0.534. The van der Waals surface area contributed by atoms with E-state index < -0.39 is 11.8 Å². The Bertz CT molecular complexity index is 1280. The van der Waals surface area contributed by atoms with Crippen molar-refractivity contribution < 1.29 is 14.4 Å². The molecule has 0 radical (unpaired) electrons. The van der Waals surface area contributed by atoms with E-state index in [-0.39, 0.29) is 23.2 Å². The van der Waals surface area contributed by atoms with Gasteiger partial charge in [0.25, 0.3) is 17.7 Å². The van der Waals surface area contributed by atoms with E-state index in [1.807, 2.05) is 62.4 Å². The molecule has 0 aromatic heterocycles. The molecule has 0 saturated carbocycles. The Morgan fingerprint density at radius 2 is 1.56 bits per heavy atom. The number of hydrogen-bond donors (Lipinski definition) is 2. The van der Waals surface area contributed by atoms with Gasteiger partial charge in [-0.15, -0.1) is 0 Å². The van der Waals surface area contributed by atoms with Crippen molar-refractivity contribution in [1.82, 2.24) is 4.90 Å². The number of nitrogens with one attached hydrogen (secondary N) is 2. The van der Waals surface area contributed by atoms with Crippen molar-refractivity contribution >= 4 is 40.7 Å². The number of amides is 3. The van der Waals surface area contributed by atoms with Crippen molar-refractivity contribution in [3.8, 4) is 0 Å². The standard InChI is InChI=1S/C27H24ClN3O3/c1-17-13-18(2)15-22(14-17)30-25(32)20-9-6-10-21(16-20)29-24-23(28)26(33)31(27(24)34)12-11-19-7-4-3-5-8-19/h3-10,13-16,29H,11-12H2,1-2H3,(H,30,32). The van der Waals surface area contributed by atoms with Crippen molar-refractivity contribution in [3.05, 3.63) is 106 Å². The van der Waals surface area contributed by atoms with Crippen LogP contribution in [-0.4, -0.2) is 29.2 Å². The molecule has 34 heavy (non-hydrogen) atoms. The third-order valence-corrected chi connectivity index (χ3v) is 5.80. The van der Waals surface area contributed by atoms with Gasteiger partial charge in [-0.05, 0) is 67.3 Å². The second-order valence-corrected chi connectivity index (χ2v) is 8.60. The zero-order chi connectivity index (χ0) is 24.2. The van der Waals surface area contributed by atoms with Crippen LogP contribution < -0.4 is 10.6 Å². The number of carbonyl (C=O) groups is 3. The van der Waals surface area contributed by atoms with Crippen molar-refractivity contribution in [1.29, 1.82) is 0 Å². The Hall–Kier alpha value is -3.90. The minimum absolute atomic E-state index is 0.00611. The van der Waals surface area contributed by atoms with Crippen molar-refractivity contribution in [2.75, 3.05) is 17.2 Å². The number of imide groups is 1. The molecule has 4 rings (SSSR count). The van der Waals surface area contributed by atoms with Gasteiger partial charge < -0.3 is 10.6 Å². The molecule has 0 saturated heterocycles. The highest BCUT2D eigenvalue weighted by molar-refractivity contribution is 6.48. The van der Waals surface area contributed by atoms with Gasteiger partial charge in [-0.3, -0.25) is 19.3 Å². The topological polar surface area (TPSA) is 78.5 Å². The molecule has 0 spiro atoms. The van der Waals surface area contributed by atoms with Crippen LogP contribution in [0.3, 0.4) is 0 Å². The average Bonchev–Trinajstić information content (AvgIpc) is 3.01. The summed E-state index contributed by atoms with van der Waals surface area (Å²) >= 11 is 6.22. The molecule has 1 aliphatic heterocycles. The van der Waals surface area contributed by atoms with E-state index in [0.29, 0.717) is 23.4 Å². The Kier molecular flexibility index (Phi) is 6.80. The lowest BCUT2D eigenvalue weighted by molar-refractivity contribution is -0.137. The number of hydrogen-bond acceptors (Lipinski definition) is 4. The molecular formula is C27H24ClN3O3. The van der Waals surface area contributed by atoms with Gasteiger partial charge in [0, 0.05) is 23.5 Å². The fraction of sp³-hybridized carbons (Fsp3) is 0.148. The summed E-state index contributed by atoms with van der Waals surface area (Å²) in [5.41, 5.74) is 4.71. The van der Waals surface area contributed by atoms with Crippen LogP contribution in [0.2, 0.25) is 0 Å². The molecule has 1 heterocycles. The number of carbonyl (C=O) groups excluding carboxylic acids is 3. The third-order valence-electron chi connectivity index (χ3n) is 5.45. The SMILES string of the molecule is Cc1cc(C)cc(NC(=O)c2cccc(NC3=C(Cl)C(=O)N(CCc4ccccc4)C3=O)c2)c1. The van der Waals surface area contributed by atoms with Crippen LogP contribution in [0.25, 0.3) is 0 Å². The summed E-state index contributed by atoms with van der Waals surface area (Å²) in [4.78, 5) is 39.4. The van der Waals surface area contributed by atoms with Gasteiger partial charge in [-0.25, -0.2) is 0 Å². The number of nitrogens with zero attached hydrogens (tertiary/aromatic N) is 1. The smallest absolute Gasteiger partial charge is 0.278 e. The summed E-state index contributed by atoms with van der Waals surface area (Å²) in [5.74, 6) is -1.31. The fourth-order valence-corrected chi connectivity index (χ4v) is 4.11. The normalized spacial score (nSPS) is 13.4. The Morgan fingerprint density at radius 3 is 2.26 bits per heavy atom. The maximum absolute atomic E-state index is 12.9. The van der Waals surface area contributed by atoms with Crippen LogP contribution in [0.15, 0.2) is 83.5 Å². The van der Waals surface area contributed by atoms with E-state index in [1.54, 1.807) is 24.3 Å². The lowest BCUT2D eigenvalue weighted by Crippen LogP contribution is -2.34. The molecule has 3 aromatic rings. The zero-order valence-corrected chi connectivity index (χ0v) is 19.6. The van der Waals surface area contributed by atoms with E-state index in [9.17, 15) is 14.4 Å². The van der Waals surface area contributed by atoms with Crippen LogP contribution in [0.1, 0.15) is 27.0 Å². The molecule has 0 atom stereocenters.